The number of nitrogens with zero attached hydrogens (tertiary/aromatic N) is 3. The maximum atomic E-state index is 12.1. The van der Waals surface area contributed by atoms with Crippen molar-refractivity contribution in [1.82, 2.24) is 15.0 Å². The summed E-state index contributed by atoms with van der Waals surface area (Å²) in [6.07, 6.45) is 4.96. The summed E-state index contributed by atoms with van der Waals surface area (Å²) in [6, 6.07) is 14.8. The van der Waals surface area contributed by atoms with Crippen LogP contribution in [0.5, 0.6) is 0 Å². The summed E-state index contributed by atoms with van der Waals surface area (Å²) in [7, 11) is 0. The van der Waals surface area contributed by atoms with E-state index in [0.29, 0.717) is 5.56 Å². The number of aromatic nitrogens is 3. The van der Waals surface area contributed by atoms with Gasteiger partial charge >= 0.3 is 0 Å². The van der Waals surface area contributed by atoms with Crippen molar-refractivity contribution in [1.29, 1.82) is 0 Å². The normalized spacial score (nSPS) is 10.7. The highest BCUT2D eigenvalue weighted by molar-refractivity contribution is 7.21. The predicted octanol–water partition coefficient (Wildman–Crippen LogP) is 4.01. The Labute approximate surface area is 142 Å². The fraction of sp³-hybridized carbons (Fsp3) is 0. The summed E-state index contributed by atoms with van der Waals surface area (Å²) in [5, 5.41) is 3.78. The van der Waals surface area contributed by atoms with Crippen LogP contribution < -0.4 is 5.32 Å². The van der Waals surface area contributed by atoms with Crippen LogP contribution in [0, 0.1) is 0 Å². The van der Waals surface area contributed by atoms with Gasteiger partial charge in [-0.1, -0.05) is 11.3 Å². The molecule has 4 aromatic rings. The van der Waals surface area contributed by atoms with Crippen molar-refractivity contribution in [2.75, 3.05) is 5.32 Å². The number of anilines is 1. The number of benzene rings is 1. The van der Waals surface area contributed by atoms with Gasteiger partial charge in [0.2, 0.25) is 0 Å². The Kier molecular flexibility index (Phi) is 3.72. The van der Waals surface area contributed by atoms with Gasteiger partial charge in [-0.05, 0) is 48.5 Å². The Balaban J connectivity index is 1.55. The monoisotopic (exact) mass is 332 g/mol. The van der Waals surface area contributed by atoms with Crippen molar-refractivity contribution < 1.29 is 4.79 Å². The maximum Gasteiger partial charge on any atom is 0.255 e. The van der Waals surface area contributed by atoms with Gasteiger partial charge in [0, 0.05) is 35.4 Å². The third-order valence-electron chi connectivity index (χ3n) is 3.50. The van der Waals surface area contributed by atoms with Crippen LogP contribution in [0.15, 0.2) is 67.1 Å². The summed E-state index contributed by atoms with van der Waals surface area (Å²) in [5.74, 6) is -0.158. The lowest BCUT2D eigenvalue weighted by molar-refractivity contribution is 0.102. The molecule has 1 N–H and O–H groups in total. The lowest BCUT2D eigenvalue weighted by Gasteiger charge is -2.05. The number of thiazole rings is 1. The molecule has 0 unspecified atom stereocenters. The van der Waals surface area contributed by atoms with Crippen LogP contribution in [0.3, 0.4) is 0 Å². The minimum absolute atomic E-state index is 0.158. The average Bonchev–Trinajstić information content (AvgIpc) is 3.07. The van der Waals surface area contributed by atoms with E-state index < -0.39 is 0 Å². The smallest absolute Gasteiger partial charge is 0.255 e. The van der Waals surface area contributed by atoms with Crippen molar-refractivity contribution in [3.05, 3.63) is 72.7 Å². The van der Waals surface area contributed by atoms with E-state index in [-0.39, 0.29) is 5.91 Å². The highest BCUT2D eigenvalue weighted by atomic mass is 32.1. The van der Waals surface area contributed by atoms with E-state index in [1.165, 1.54) is 0 Å². The molecule has 116 valence electrons. The van der Waals surface area contributed by atoms with Crippen LogP contribution >= 0.6 is 11.3 Å². The Morgan fingerprint density at radius 1 is 0.958 bits per heavy atom. The zero-order valence-corrected chi connectivity index (χ0v) is 13.3. The molecule has 3 aromatic heterocycles. The van der Waals surface area contributed by atoms with Gasteiger partial charge in [-0.3, -0.25) is 9.78 Å². The van der Waals surface area contributed by atoms with E-state index >= 15 is 0 Å². The lowest BCUT2D eigenvalue weighted by Crippen LogP contribution is -2.11. The largest absolute Gasteiger partial charge is 0.322 e. The third-order valence-corrected chi connectivity index (χ3v) is 4.53. The van der Waals surface area contributed by atoms with Crippen molar-refractivity contribution in [3.63, 3.8) is 0 Å². The number of hydrogen-bond donors (Lipinski definition) is 1. The number of rotatable bonds is 3. The maximum absolute atomic E-state index is 12.1. The molecule has 0 bridgehead atoms. The predicted molar refractivity (Wildman–Crippen MR) is 95.0 cm³/mol. The SMILES string of the molecule is O=C(Nc1ccc(-c2nc3cccnc3s2)cc1)c1ccncc1. The molecule has 6 heteroatoms. The van der Waals surface area contributed by atoms with Crippen LogP contribution in [0.4, 0.5) is 5.69 Å². The molecule has 0 radical (unpaired) electrons. The zero-order chi connectivity index (χ0) is 16.4. The summed E-state index contributed by atoms with van der Waals surface area (Å²) >= 11 is 1.55. The number of amides is 1. The molecular formula is C18H12N4OS. The number of pyridine rings is 2. The van der Waals surface area contributed by atoms with Crippen molar-refractivity contribution in [2.24, 2.45) is 0 Å². The van der Waals surface area contributed by atoms with Gasteiger partial charge in [0.25, 0.3) is 5.91 Å². The molecule has 0 saturated heterocycles. The molecule has 0 saturated carbocycles. The number of nitrogens with one attached hydrogen (secondary N) is 1. The molecule has 0 aliphatic heterocycles. The summed E-state index contributed by atoms with van der Waals surface area (Å²) in [5.41, 5.74) is 3.21. The number of hydrogen-bond acceptors (Lipinski definition) is 5. The van der Waals surface area contributed by atoms with E-state index in [9.17, 15) is 4.79 Å². The second-order valence-electron chi connectivity index (χ2n) is 5.11. The average molecular weight is 332 g/mol. The molecular weight excluding hydrogens is 320 g/mol. The van der Waals surface area contributed by atoms with Crippen LogP contribution in [0.1, 0.15) is 10.4 Å². The standard InChI is InChI=1S/C18H12N4OS/c23-16(12-7-10-19-11-8-12)21-14-5-3-13(4-6-14)17-22-15-2-1-9-20-18(15)24-17/h1-11H,(H,21,23). The Bertz CT molecular complexity index is 963. The summed E-state index contributed by atoms with van der Waals surface area (Å²) < 4.78 is 0. The molecule has 0 spiro atoms. The first-order valence-corrected chi connectivity index (χ1v) is 8.15. The summed E-state index contributed by atoms with van der Waals surface area (Å²) in [4.78, 5) is 25.8. The fourth-order valence-electron chi connectivity index (χ4n) is 2.30. The second-order valence-corrected chi connectivity index (χ2v) is 6.09. The van der Waals surface area contributed by atoms with E-state index in [1.54, 1.807) is 42.1 Å². The van der Waals surface area contributed by atoms with Crippen molar-refractivity contribution in [2.45, 2.75) is 0 Å². The zero-order valence-electron chi connectivity index (χ0n) is 12.5. The van der Waals surface area contributed by atoms with Crippen molar-refractivity contribution >= 4 is 33.3 Å². The van der Waals surface area contributed by atoms with Gasteiger partial charge < -0.3 is 5.32 Å². The minimum Gasteiger partial charge on any atom is -0.322 e. The summed E-state index contributed by atoms with van der Waals surface area (Å²) in [6.45, 7) is 0. The van der Waals surface area contributed by atoms with E-state index in [2.05, 4.69) is 20.3 Å². The van der Waals surface area contributed by atoms with Gasteiger partial charge in [0.05, 0.1) is 0 Å². The quantitative estimate of drug-likeness (QED) is 0.615. The second kappa shape index (κ2) is 6.17. The van der Waals surface area contributed by atoms with Gasteiger partial charge in [-0.15, -0.1) is 0 Å². The van der Waals surface area contributed by atoms with Crippen LogP contribution in [0.2, 0.25) is 0 Å². The molecule has 24 heavy (non-hydrogen) atoms. The highest BCUT2D eigenvalue weighted by Gasteiger charge is 2.08. The number of carbonyl (C=O) groups is 1. The van der Waals surface area contributed by atoms with Gasteiger partial charge in [0.15, 0.2) is 0 Å². The fourth-order valence-corrected chi connectivity index (χ4v) is 3.21. The molecule has 1 aromatic carbocycles. The van der Waals surface area contributed by atoms with Crippen LogP contribution in [-0.2, 0) is 0 Å². The van der Waals surface area contributed by atoms with Gasteiger partial charge in [-0.25, -0.2) is 9.97 Å². The Morgan fingerprint density at radius 3 is 2.50 bits per heavy atom. The van der Waals surface area contributed by atoms with Gasteiger partial charge in [-0.2, -0.15) is 0 Å². The molecule has 1 amide bonds. The molecule has 0 fully saturated rings. The third kappa shape index (κ3) is 2.87. The first-order chi connectivity index (χ1) is 11.8. The molecule has 0 aliphatic carbocycles. The highest BCUT2D eigenvalue weighted by Crippen LogP contribution is 2.29. The van der Waals surface area contributed by atoms with E-state index in [4.69, 9.17) is 0 Å². The Morgan fingerprint density at radius 2 is 1.75 bits per heavy atom. The van der Waals surface area contributed by atoms with Gasteiger partial charge in [0.1, 0.15) is 15.4 Å². The Hall–Kier alpha value is -3.12. The molecule has 3 heterocycles. The van der Waals surface area contributed by atoms with Crippen LogP contribution in [-0.4, -0.2) is 20.9 Å². The first-order valence-electron chi connectivity index (χ1n) is 7.33. The minimum atomic E-state index is -0.158. The van der Waals surface area contributed by atoms with E-state index in [1.807, 2.05) is 36.4 Å². The topological polar surface area (TPSA) is 67.8 Å². The lowest BCUT2D eigenvalue weighted by atomic mass is 10.2. The number of carbonyl (C=O) groups excluding carboxylic acids is 1. The molecule has 0 atom stereocenters. The van der Waals surface area contributed by atoms with Crippen molar-refractivity contribution in [3.8, 4) is 10.6 Å². The molecule has 0 aliphatic rings. The molecule has 4 rings (SSSR count). The molecule has 5 nitrogen and oxygen atoms in total. The van der Waals surface area contributed by atoms with Crippen LogP contribution in [0.25, 0.3) is 20.9 Å². The first kappa shape index (κ1) is 14.5. The number of fused-ring (bicyclic) bond motifs is 1. The van der Waals surface area contributed by atoms with E-state index in [0.717, 1.165) is 26.6 Å².